The van der Waals surface area contributed by atoms with Gasteiger partial charge in [-0.3, -0.25) is 0 Å². The van der Waals surface area contributed by atoms with Gasteiger partial charge in [0.1, 0.15) is 0 Å². The molecule has 2 aromatic carbocycles. The molecule has 1 nitrogen and oxygen atoms in total. The number of likely N-dealkylation sites (N-methyl/N-ethyl adjacent to an activating group) is 1. The van der Waals surface area contributed by atoms with E-state index in [1.54, 1.807) is 0 Å². The lowest BCUT2D eigenvalue weighted by atomic mass is 9.99. The Hall–Kier alpha value is -1.31. The lowest BCUT2D eigenvalue weighted by Crippen LogP contribution is -2.18. The molecule has 0 aliphatic carbocycles. The van der Waals surface area contributed by atoms with E-state index >= 15 is 0 Å². The first kappa shape index (κ1) is 12.2. The standard InChI is InChI=1S/C15H16ClN/c1-17-15(13-7-3-2-4-8-13)11-12-6-5-9-14(16)10-12/h2-10,15,17H,11H2,1H3. The third kappa shape index (κ3) is 3.32. The van der Waals surface area contributed by atoms with Crippen LogP contribution in [0, 0.1) is 0 Å². The van der Waals surface area contributed by atoms with Crippen LogP contribution < -0.4 is 5.32 Å². The van der Waals surface area contributed by atoms with E-state index in [1.807, 2.05) is 31.3 Å². The Morgan fingerprint density at radius 2 is 1.82 bits per heavy atom. The van der Waals surface area contributed by atoms with E-state index in [2.05, 4.69) is 35.6 Å². The second-order valence-corrected chi connectivity index (χ2v) is 4.52. The van der Waals surface area contributed by atoms with Gasteiger partial charge in [0.2, 0.25) is 0 Å². The molecule has 0 aliphatic heterocycles. The van der Waals surface area contributed by atoms with E-state index in [0.29, 0.717) is 6.04 Å². The molecule has 0 aromatic heterocycles. The van der Waals surface area contributed by atoms with Crippen molar-refractivity contribution in [3.05, 3.63) is 70.7 Å². The van der Waals surface area contributed by atoms with Crippen LogP contribution in [0.3, 0.4) is 0 Å². The summed E-state index contributed by atoms with van der Waals surface area (Å²) in [6, 6.07) is 18.8. The second kappa shape index (κ2) is 5.85. The van der Waals surface area contributed by atoms with Crippen molar-refractivity contribution in [3.8, 4) is 0 Å². The Morgan fingerprint density at radius 3 is 2.47 bits per heavy atom. The molecule has 2 heteroatoms. The van der Waals surface area contributed by atoms with Gasteiger partial charge in [0.15, 0.2) is 0 Å². The molecule has 0 radical (unpaired) electrons. The summed E-state index contributed by atoms with van der Waals surface area (Å²) in [5, 5.41) is 4.14. The molecule has 1 unspecified atom stereocenters. The van der Waals surface area contributed by atoms with E-state index in [-0.39, 0.29) is 0 Å². The van der Waals surface area contributed by atoms with Gasteiger partial charge in [0, 0.05) is 11.1 Å². The van der Waals surface area contributed by atoms with Crippen LogP contribution in [0.2, 0.25) is 5.02 Å². The van der Waals surface area contributed by atoms with E-state index in [0.717, 1.165) is 11.4 Å². The molecule has 2 aromatic rings. The van der Waals surface area contributed by atoms with Crippen molar-refractivity contribution in [3.63, 3.8) is 0 Å². The maximum atomic E-state index is 6.00. The summed E-state index contributed by atoms with van der Waals surface area (Å²) in [7, 11) is 1.99. The number of halogens is 1. The first-order valence-electron chi connectivity index (χ1n) is 5.76. The molecule has 2 rings (SSSR count). The average molecular weight is 246 g/mol. The van der Waals surface area contributed by atoms with Crippen LogP contribution in [0.1, 0.15) is 17.2 Å². The van der Waals surface area contributed by atoms with Gasteiger partial charge < -0.3 is 5.32 Å². The van der Waals surface area contributed by atoms with Gasteiger partial charge in [-0.2, -0.15) is 0 Å². The molecular formula is C15H16ClN. The largest absolute Gasteiger partial charge is 0.313 e. The molecule has 0 saturated carbocycles. The number of hydrogen-bond donors (Lipinski definition) is 1. The molecule has 0 heterocycles. The minimum absolute atomic E-state index is 0.328. The third-order valence-electron chi connectivity index (χ3n) is 2.88. The summed E-state index contributed by atoms with van der Waals surface area (Å²) < 4.78 is 0. The molecule has 0 fully saturated rings. The Kier molecular flexibility index (Phi) is 4.18. The second-order valence-electron chi connectivity index (χ2n) is 4.09. The fraction of sp³-hybridized carbons (Fsp3) is 0.200. The normalized spacial score (nSPS) is 12.4. The van der Waals surface area contributed by atoms with Crippen LogP contribution in [0.4, 0.5) is 0 Å². The fourth-order valence-electron chi connectivity index (χ4n) is 1.97. The molecule has 1 N–H and O–H groups in total. The number of hydrogen-bond acceptors (Lipinski definition) is 1. The van der Waals surface area contributed by atoms with E-state index < -0.39 is 0 Å². The van der Waals surface area contributed by atoms with Gasteiger partial charge in [0.25, 0.3) is 0 Å². The first-order chi connectivity index (χ1) is 8.29. The summed E-state index contributed by atoms with van der Waals surface area (Å²) in [5.41, 5.74) is 2.55. The maximum Gasteiger partial charge on any atom is 0.0408 e. The van der Waals surface area contributed by atoms with Crippen LogP contribution in [-0.4, -0.2) is 7.05 Å². The van der Waals surface area contributed by atoms with Crippen molar-refractivity contribution in [2.45, 2.75) is 12.5 Å². The fourth-order valence-corrected chi connectivity index (χ4v) is 2.18. The predicted molar refractivity (Wildman–Crippen MR) is 73.4 cm³/mol. The van der Waals surface area contributed by atoms with Crippen molar-refractivity contribution in [1.29, 1.82) is 0 Å². The van der Waals surface area contributed by atoms with Crippen molar-refractivity contribution < 1.29 is 0 Å². The Bertz CT molecular complexity index is 467. The summed E-state index contributed by atoms with van der Waals surface area (Å²) in [4.78, 5) is 0. The molecule has 17 heavy (non-hydrogen) atoms. The van der Waals surface area contributed by atoms with Gasteiger partial charge in [-0.1, -0.05) is 54.1 Å². The van der Waals surface area contributed by atoms with Crippen molar-refractivity contribution in [1.82, 2.24) is 5.32 Å². The summed E-state index contributed by atoms with van der Waals surface area (Å²) in [6.07, 6.45) is 0.946. The minimum Gasteiger partial charge on any atom is -0.313 e. The van der Waals surface area contributed by atoms with Gasteiger partial charge >= 0.3 is 0 Å². The summed E-state index contributed by atoms with van der Waals surface area (Å²) in [5.74, 6) is 0. The van der Waals surface area contributed by atoms with Crippen molar-refractivity contribution >= 4 is 11.6 Å². The monoisotopic (exact) mass is 245 g/mol. The van der Waals surface area contributed by atoms with E-state index in [9.17, 15) is 0 Å². The molecule has 0 amide bonds. The number of rotatable bonds is 4. The Balaban J connectivity index is 2.16. The topological polar surface area (TPSA) is 12.0 Å². The van der Waals surface area contributed by atoms with Gasteiger partial charge in [0.05, 0.1) is 0 Å². The van der Waals surface area contributed by atoms with Crippen molar-refractivity contribution in [2.24, 2.45) is 0 Å². The molecule has 0 bridgehead atoms. The minimum atomic E-state index is 0.328. The van der Waals surface area contributed by atoms with Crippen molar-refractivity contribution in [2.75, 3.05) is 7.05 Å². The third-order valence-corrected chi connectivity index (χ3v) is 3.11. The number of benzene rings is 2. The zero-order valence-corrected chi connectivity index (χ0v) is 10.6. The Morgan fingerprint density at radius 1 is 1.06 bits per heavy atom. The van der Waals surface area contributed by atoms with Crippen LogP contribution in [0.5, 0.6) is 0 Å². The molecule has 0 saturated heterocycles. The van der Waals surface area contributed by atoms with Crippen LogP contribution in [0.25, 0.3) is 0 Å². The highest BCUT2D eigenvalue weighted by Crippen LogP contribution is 2.19. The molecule has 0 aliphatic rings. The quantitative estimate of drug-likeness (QED) is 0.863. The van der Waals surface area contributed by atoms with Crippen LogP contribution in [-0.2, 0) is 6.42 Å². The Labute approximate surface area is 107 Å². The molecule has 1 atom stereocenters. The van der Waals surface area contributed by atoms with E-state index in [4.69, 9.17) is 11.6 Å². The first-order valence-corrected chi connectivity index (χ1v) is 6.14. The maximum absolute atomic E-state index is 6.00. The zero-order chi connectivity index (χ0) is 12.1. The highest BCUT2D eigenvalue weighted by atomic mass is 35.5. The molecule has 0 spiro atoms. The predicted octanol–water partition coefficient (Wildman–Crippen LogP) is 3.84. The summed E-state index contributed by atoms with van der Waals surface area (Å²) in [6.45, 7) is 0. The van der Waals surface area contributed by atoms with Gasteiger partial charge in [-0.15, -0.1) is 0 Å². The van der Waals surface area contributed by atoms with Gasteiger partial charge in [-0.05, 0) is 36.7 Å². The average Bonchev–Trinajstić information content (AvgIpc) is 2.37. The summed E-state index contributed by atoms with van der Waals surface area (Å²) >= 11 is 6.00. The van der Waals surface area contributed by atoms with E-state index in [1.165, 1.54) is 11.1 Å². The highest BCUT2D eigenvalue weighted by molar-refractivity contribution is 6.30. The zero-order valence-electron chi connectivity index (χ0n) is 9.86. The smallest absolute Gasteiger partial charge is 0.0408 e. The SMILES string of the molecule is CNC(Cc1cccc(Cl)c1)c1ccccc1. The lowest BCUT2D eigenvalue weighted by Gasteiger charge is -2.16. The number of nitrogens with one attached hydrogen (secondary N) is 1. The molecular weight excluding hydrogens is 230 g/mol. The van der Waals surface area contributed by atoms with Crippen LogP contribution >= 0.6 is 11.6 Å². The lowest BCUT2D eigenvalue weighted by molar-refractivity contribution is 0.592. The van der Waals surface area contributed by atoms with Crippen LogP contribution in [0.15, 0.2) is 54.6 Å². The highest BCUT2D eigenvalue weighted by Gasteiger charge is 2.09. The molecule has 88 valence electrons. The van der Waals surface area contributed by atoms with Gasteiger partial charge in [-0.25, -0.2) is 0 Å².